The molecule has 6 nitrogen and oxygen atoms in total. The van der Waals surface area contributed by atoms with Crippen LogP contribution in [0.3, 0.4) is 0 Å². The molecule has 2 heterocycles. The molecular formula is C20H19ClN4O2. The van der Waals surface area contributed by atoms with E-state index in [0.717, 1.165) is 22.9 Å². The molecule has 0 saturated carbocycles. The quantitative estimate of drug-likeness (QED) is 0.506. The molecule has 3 N–H and O–H groups in total. The number of halogens is 1. The minimum Gasteiger partial charge on any atom is -0.493 e. The van der Waals surface area contributed by atoms with E-state index in [4.69, 9.17) is 26.8 Å². The Bertz CT molecular complexity index is 1140. The summed E-state index contributed by atoms with van der Waals surface area (Å²) < 4.78 is 11.1. The first-order valence-electron chi connectivity index (χ1n) is 8.54. The Morgan fingerprint density at radius 2 is 1.93 bits per heavy atom. The number of hydrogen-bond donors (Lipinski definition) is 2. The molecule has 0 spiro atoms. The zero-order valence-electron chi connectivity index (χ0n) is 15.0. The minimum absolute atomic E-state index is 0.106. The van der Waals surface area contributed by atoms with Gasteiger partial charge in [-0.1, -0.05) is 18.2 Å². The van der Waals surface area contributed by atoms with Crippen LogP contribution in [-0.4, -0.2) is 29.2 Å². The number of aromatic nitrogens is 3. The molecule has 0 saturated heterocycles. The number of rotatable bonds is 5. The molecule has 2 aromatic carbocycles. The van der Waals surface area contributed by atoms with E-state index in [1.54, 1.807) is 20.3 Å². The molecular weight excluding hydrogens is 364 g/mol. The molecule has 7 heteroatoms. The Morgan fingerprint density at radius 3 is 2.70 bits per heavy atom. The van der Waals surface area contributed by atoms with Crippen molar-refractivity contribution in [3.8, 4) is 11.5 Å². The van der Waals surface area contributed by atoms with E-state index in [9.17, 15) is 0 Å². The smallest absolute Gasteiger partial charge is 0.224 e. The van der Waals surface area contributed by atoms with Gasteiger partial charge in [0.1, 0.15) is 5.82 Å². The Labute approximate surface area is 161 Å². The number of H-pyrrole nitrogens is 1. The maximum absolute atomic E-state index is 6.17. The number of para-hydroxylation sites is 1. The number of aryl methyl sites for hydroxylation is 2. The lowest BCUT2D eigenvalue weighted by Crippen LogP contribution is -2.04. The van der Waals surface area contributed by atoms with Crippen LogP contribution < -0.4 is 15.2 Å². The van der Waals surface area contributed by atoms with Crippen molar-refractivity contribution in [2.24, 2.45) is 0 Å². The van der Waals surface area contributed by atoms with Crippen LogP contribution in [-0.2, 0) is 12.8 Å². The number of nitrogens with two attached hydrogens (primary N) is 1. The standard InChI is InChI=1S/C20H19ClN4O2/c1-26-16-9-15-17(19(22)25-20(21)24-15)13(18(16)27-2)8-7-11-10-23-14-6-4-3-5-12(11)14/h3-6,9-10,23H,7-8H2,1-2H3,(H2,22,24,25). The molecule has 0 aliphatic heterocycles. The highest BCUT2D eigenvalue weighted by molar-refractivity contribution is 6.28. The van der Waals surface area contributed by atoms with Crippen LogP contribution in [0.5, 0.6) is 11.5 Å². The monoisotopic (exact) mass is 382 g/mol. The minimum atomic E-state index is 0.106. The van der Waals surface area contributed by atoms with Crippen molar-refractivity contribution in [2.45, 2.75) is 12.8 Å². The van der Waals surface area contributed by atoms with Gasteiger partial charge in [-0.3, -0.25) is 0 Å². The summed E-state index contributed by atoms with van der Waals surface area (Å²) in [5.74, 6) is 1.57. The van der Waals surface area contributed by atoms with Crippen LogP contribution in [0.25, 0.3) is 21.8 Å². The van der Waals surface area contributed by atoms with Crippen molar-refractivity contribution in [3.63, 3.8) is 0 Å². The van der Waals surface area contributed by atoms with Gasteiger partial charge in [0, 0.05) is 34.1 Å². The first-order valence-corrected chi connectivity index (χ1v) is 8.91. The van der Waals surface area contributed by atoms with E-state index in [1.165, 1.54) is 10.9 Å². The summed E-state index contributed by atoms with van der Waals surface area (Å²) in [6.45, 7) is 0. The predicted molar refractivity (Wildman–Crippen MR) is 108 cm³/mol. The summed E-state index contributed by atoms with van der Waals surface area (Å²) >= 11 is 5.99. The van der Waals surface area contributed by atoms with Crippen LogP contribution in [0.15, 0.2) is 36.5 Å². The molecule has 138 valence electrons. The van der Waals surface area contributed by atoms with Gasteiger partial charge in [0.15, 0.2) is 11.5 Å². The molecule has 4 aromatic rings. The fourth-order valence-electron chi connectivity index (χ4n) is 3.54. The van der Waals surface area contributed by atoms with E-state index in [-0.39, 0.29) is 5.28 Å². The highest BCUT2D eigenvalue weighted by Crippen LogP contribution is 2.40. The highest BCUT2D eigenvalue weighted by atomic mass is 35.5. The Kier molecular flexibility index (Phi) is 4.49. The first-order chi connectivity index (χ1) is 13.1. The number of aromatic amines is 1. The number of nitrogens with zero attached hydrogens (tertiary/aromatic N) is 2. The molecule has 0 atom stereocenters. The third-order valence-electron chi connectivity index (χ3n) is 4.75. The lowest BCUT2D eigenvalue weighted by atomic mass is 9.98. The van der Waals surface area contributed by atoms with Gasteiger partial charge in [0.2, 0.25) is 5.28 Å². The molecule has 27 heavy (non-hydrogen) atoms. The van der Waals surface area contributed by atoms with Crippen molar-refractivity contribution in [3.05, 3.63) is 52.9 Å². The van der Waals surface area contributed by atoms with Crippen LogP contribution in [0.4, 0.5) is 5.82 Å². The molecule has 0 radical (unpaired) electrons. The fraction of sp³-hybridized carbons (Fsp3) is 0.200. The van der Waals surface area contributed by atoms with Gasteiger partial charge in [0.05, 0.1) is 19.7 Å². The van der Waals surface area contributed by atoms with Crippen LogP contribution >= 0.6 is 11.6 Å². The highest BCUT2D eigenvalue weighted by Gasteiger charge is 2.19. The number of anilines is 1. The number of nitrogen functional groups attached to an aromatic ring is 1. The van der Waals surface area contributed by atoms with Crippen molar-refractivity contribution in [1.29, 1.82) is 0 Å². The third-order valence-corrected chi connectivity index (χ3v) is 4.92. The molecule has 0 amide bonds. The zero-order chi connectivity index (χ0) is 19.0. The van der Waals surface area contributed by atoms with Gasteiger partial charge in [-0.15, -0.1) is 0 Å². The van der Waals surface area contributed by atoms with E-state index < -0.39 is 0 Å². The summed E-state index contributed by atoms with van der Waals surface area (Å²) in [6.07, 6.45) is 3.52. The molecule has 0 aliphatic rings. The fourth-order valence-corrected chi connectivity index (χ4v) is 3.73. The van der Waals surface area contributed by atoms with Crippen molar-refractivity contribution in [1.82, 2.24) is 15.0 Å². The Morgan fingerprint density at radius 1 is 1.11 bits per heavy atom. The number of benzene rings is 2. The molecule has 0 unspecified atom stereocenters. The first kappa shape index (κ1) is 17.4. The topological polar surface area (TPSA) is 86.0 Å². The number of ether oxygens (including phenoxy) is 2. The van der Waals surface area contributed by atoms with Crippen molar-refractivity contribution < 1.29 is 9.47 Å². The number of hydrogen-bond acceptors (Lipinski definition) is 5. The van der Waals surface area contributed by atoms with E-state index in [1.807, 2.05) is 18.3 Å². The summed E-state index contributed by atoms with van der Waals surface area (Å²) in [6, 6.07) is 10.00. The van der Waals surface area contributed by atoms with Gasteiger partial charge >= 0.3 is 0 Å². The Hall–Kier alpha value is -2.99. The number of fused-ring (bicyclic) bond motifs is 2. The normalized spacial score (nSPS) is 11.2. The average molecular weight is 383 g/mol. The second-order valence-corrected chi connectivity index (χ2v) is 6.56. The maximum Gasteiger partial charge on any atom is 0.224 e. The van der Waals surface area contributed by atoms with Crippen LogP contribution in [0, 0.1) is 0 Å². The SMILES string of the molecule is COc1cc2nc(Cl)nc(N)c2c(CCc2c[nH]c3ccccc23)c1OC. The zero-order valence-corrected chi connectivity index (χ0v) is 15.8. The van der Waals surface area contributed by atoms with E-state index >= 15 is 0 Å². The third kappa shape index (κ3) is 3.02. The summed E-state index contributed by atoms with van der Waals surface area (Å²) in [5.41, 5.74) is 10.1. The molecule has 2 aromatic heterocycles. The molecule has 0 aliphatic carbocycles. The van der Waals surface area contributed by atoms with Gasteiger partial charge < -0.3 is 20.2 Å². The van der Waals surface area contributed by atoms with Crippen LogP contribution in [0.1, 0.15) is 11.1 Å². The summed E-state index contributed by atoms with van der Waals surface area (Å²) in [5, 5.41) is 2.06. The van der Waals surface area contributed by atoms with Gasteiger partial charge in [0.25, 0.3) is 0 Å². The van der Waals surface area contributed by atoms with Gasteiger partial charge in [-0.25, -0.2) is 9.97 Å². The molecule has 0 fully saturated rings. The molecule has 4 rings (SSSR count). The van der Waals surface area contributed by atoms with E-state index in [2.05, 4.69) is 27.1 Å². The Balaban J connectivity index is 1.84. The lowest BCUT2D eigenvalue weighted by Gasteiger charge is -2.16. The number of methoxy groups -OCH3 is 2. The average Bonchev–Trinajstić information content (AvgIpc) is 3.08. The lowest BCUT2D eigenvalue weighted by molar-refractivity contribution is 0.352. The van der Waals surface area contributed by atoms with E-state index in [0.29, 0.717) is 29.3 Å². The van der Waals surface area contributed by atoms with Crippen molar-refractivity contribution >= 4 is 39.2 Å². The van der Waals surface area contributed by atoms with Gasteiger partial charge in [-0.2, -0.15) is 0 Å². The predicted octanol–water partition coefficient (Wildman–Crippen LogP) is 4.15. The second kappa shape index (κ2) is 6.96. The van der Waals surface area contributed by atoms with Gasteiger partial charge in [-0.05, 0) is 36.1 Å². The maximum atomic E-state index is 6.17. The summed E-state index contributed by atoms with van der Waals surface area (Å²) in [4.78, 5) is 11.7. The summed E-state index contributed by atoms with van der Waals surface area (Å²) in [7, 11) is 3.21. The number of nitrogens with one attached hydrogen (secondary N) is 1. The van der Waals surface area contributed by atoms with Crippen LogP contribution in [0.2, 0.25) is 5.28 Å². The second-order valence-electron chi connectivity index (χ2n) is 6.22. The van der Waals surface area contributed by atoms with Crippen molar-refractivity contribution in [2.75, 3.05) is 20.0 Å². The largest absolute Gasteiger partial charge is 0.493 e. The molecule has 0 bridgehead atoms.